The molecule has 0 aromatic rings. The molecule has 0 saturated carbocycles. The Bertz CT molecular complexity index is 400. The maximum absolute atomic E-state index is 6.23. The molecule has 0 fully saturated rings. The van der Waals surface area contributed by atoms with E-state index in [9.17, 15) is 0 Å². The van der Waals surface area contributed by atoms with Crippen molar-refractivity contribution in [1.29, 1.82) is 0 Å². The smallest absolute Gasteiger partial charge is 0.162 e. The molecule has 82 valence electrons. The molecule has 2 heterocycles. The molecule has 0 saturated heterocycles. The van der Waals surface area contributed by atoms with E-state index in [-0.39, 0.29) is 6.04 Å². The Balaban J connectivity index is 2.50. The minimum atomic E-state index is 0.165. The van der Waals surface area contributed by atoms with Crippen molar-refractivity contribution in [3.63, 3.8) is 0 Å². The van der Waals surface area contributed by atoms with E-state index >= 15 is 0 Å². The second kappa shape index (κ2) is 4.09. The Kier molecular flexibility index (Phi) is 3.12. The molecule has 3 nitrogen and oxygen atoms in total. The number of fused-ring (bicyclic) bond motifs is 1. The van der Waals surface area contributed by atoms with Gasteiger partial charge in [0.25, 0.3) is 0 Å². The van der Waals surface area contributed by atoms with Gasteiger partial charge in [0.15, 0.2) is 5.82 Å². The third-order valence-corrected chi connectivity index (χ3v) is 4.13. The van der Waals surface area contributed by atoms with Gasteiger partial charge in [-0.15, -0.1) is 0 Å². The van der Waals surface area contributed by atoms with Crippen molar-refractivity contribution in [1.82, 2.24) is 10.4 Å². The molecule has 0 spiro atoms. The van der Waals surface area contributed by atoms with E-state index in [1.54, 1.807) is 5.01 Å². The SMILES string of the molecule is CCC1=C(Cl)N2NC(C)C(Br)=C2N=C1Cl. The summed E-state index contributed by atoms with van der Waals surface area (Å²) in [6, 6.07) is 0.165. The molecule has 0 amide bonds. The standard InChI is InChI=1S/C9H10BrCl2N3/c1-3-5-7(11)13-9-6(10)4(2)14-15(9)8(5)12/h4,14H,3H2,1-2H3. The Labute approximate surface area is 107 Å². The highest BCUT2D eigenvalue weighted by Crippen LogP contribution is 2.36. The van der Waals surface area contributed by atoms with Gasteiger partial charge < -0.3 is 0 Å². The van der Waals surface area contributed by atoms with Crippen LogP contribution in [0.5, 0.6) is 0 Å². The van der Waals surface area contributed by atoms with Crippen LogP contribution in [-0.4, -0.2) is 16.2 Å². The largest absolute Gasteiger partial charge is 0.246 e. The van der Waals surface area contributed by atoms with Crippen LogP contribution >= 0.6 is 39.1 Å². The Morgan fingerprint density at radius 2 is 2.20 bits per heavy atom. The monoisotopic (exact) mass is 309 g/mol. The second-order valence-corrected chi connectivity index (χ2v) is 4.95. The number of hydrogen-bond donors (Lipinski definition) is 1. The maximum atomic E-state index is 6.23. The number of rotatable bonds is 1. The van der Waals surface area contributed by atoms with E-state index < -0.39 is 0 Å². The van der Waals surface area contributed by atoms with Gasteiger partial charge in [-0.05, 0) is 29.3 Å². The number of hydrogen-bond acceptors (Lipinski definition) is 3. The summed E-state index contributed by atoms with van der Waals surface area (Å²) in [7, 11) is 0. The van der Waals surface area contributed by atoms with Crippen LogP contribution in [0.4, 0.5) is 0 Å². The normalized spacial score (nSPS) is 26.1. The number of halogens is 3. The van der Waals surface area contributed by atoms with Crippen LogP contribution in [0.15, 0.2) is 26.0 Å². The molecule has 6 heteroatoms. The molecular formula is C9H10BrCl2N3. The fourth-order valence-corrected chi connectivity index (χ4v) is 2.61. The highest BCUT2D eigenvalue weighted by atomic mass is 79.9. The molecule has 2 aliphatic heterocycles. The minimum absolute atomic E-state index is 0.165. The highest BCUT2D eigenvalue weighted by Gasteiger charge is 2.33. The zero-order chi connectivity index (χ0) is 11.2. The van der Waals surface area contributed by atoms with E-state index in [2.05, 4.69) is 26.3 Å². The number of allylic oxidation sites excluding steroid dienone is 1. The van der Waals surface area contributed by atoms with Gasteiger partial charge >= 0.3 is 0 Å². The quantitative estimate of drug-likeness (QED) is 0.753. The predicted molar refractivity (Wildman–Crippen MR) is 66.8 cm³/mol. The zero-order valence-corrected chi connectivity index (χ0v) is 11.4. The van der Waals surface area contributed by atoms with Crippen molar-refractivity contribution in [3.8, 4) is 0 Å². The van der Waals surface area contributed by atoms with Gasteiger partial charge in [-0.2, -0.15) is 0 Å². The fraction of sp³-hybridized carbons (Fsp3) is 0.444. The van der Waals surface area contributed by atoms with Crippen LogP contribution in [-0.2, 0) is 0 Å². The summed E-state index contributed by atoms with van der Waals surface area (Å²) < 4.78 is 0.967. The maximum Gasteiger partial charge on any atom is 0.162 e. The van der Waals surface area contributed by atoms with Gasteiger partial charge in [-0.3, -0.25) is 0 Å². The average Bonchev–Trinajstić information content (AvgIpc) is 2.46. The Morgan fingerprint density at radius 1 is 1.53 bits per heavy atom. The third kappa shape index (κ3) is 1.73. The molecule has 15 heavy (non-hydrogen) atoms. The molecule has 1 N–H and O–H groups in total. The molecule has 0 aromatic heterocycles. The van der Waals surface area contributed by atoms with E-state index in [0.717, 1.165) is 22.3 Å². The summed E-state index contributed by atoms with van der Waals surface area (Å²) >= 11 is 15.8. The lowest BCUT2D eigenvalue weighted by Crippen LogP contribution is -2.36. The summed E-state index contributed by atoms with van der Waals surface area (Å²) in [5, 5.41) is 2.84. The first-order valence-electron chi connectivity index (χ1n) is 4.65. The first kappa shape index (κ1) is 11.5. The van der Waals surface area contributed by atoms with Crippen LogP contribution < -0.4 is 5.43 Å². The van der Waals surface area contributed by atoms with Gasteiger partial charge in [0.05, 0.1) is 10.5 Å². The topological polar surface area (TPSA) is 27.6 Å². The highest BCUT2D eigenvalue weighted by molar-refractivity contribution is 9.11. The van der Waals surface area contributed by atoms with Crippen molar-refractivity contribution >= 4 is 44.3 Å². The van der Waals surface area contributed by atoms with E-state index in [1.807, 2.05) is 13.8 Å². The molecule has 0 radical (unpaired) electrons. The summed E-state index contributed by atoms with van der Waals surface area (Å²) in [5.41, 5.74) is 4.06. The molecule has 0 aliphatic carbocycles. The van der Waals surface area contributed by atoms with Crippen molar-refractivity contribution < 1.29 is 0 Å². The molecule has 1 atom stereocenters. The third-order valence-electron chi connectivity index (χ3n) is 2.38. The van der Waals surface area contributed by atoms with Crippen molar-refractivity contribution in [2.75, 3.05) is 0 Å². The average molecular weight is 311 g/mol. The Hall–Kier alpha value is -0.0300. The number of hydrazine groups is 1. The van der Waals surface area contributed by atoms with Crippen LogP contribution in [0.1, 0.15) is 20.3 Å². The lowest BCUT2D eigenvalue weighted by molar-refractivity contribution is 0.336. The summed E-state index contributed by atoms with van der Waals surface area (Å²) in [6.45, 7) is 4.02. The predicted octanol–water partition coefficient (Wildman–Crippen LogP) is 3.27. The molecular weight excluding hydrogens is 301 g/mol. The first-order chi connectivity index (χ1) is 7.06. The van der Waals surface area contributed by atoms with E-state index in [0.29, 0.717) is 10.3 Å². The van der Waals surface area contributed by atoms with Gasteiger partial charge in [0.1, 0.15) is 10.3 Å². The van der Waals surface area contributed by atoms with Crippen molar-refractivity contribution in [2.24, 2.45) is 4.99 Å². The Morgan fingerprint density at radius 3 is 2.80 bits per heavy atom. The minimum Gasteiger partial charge on any atom is -0.246 e. The van der Waals surface area contributed by atoms with Gasteiger partial charge in [0.2, 0.25) is 0 Å². The van der Waals surface area contributed by atoms with Gasteiger partial charge in [-0.1, -0.05) is 30.1 Å². The zero-order valence-electron chi connectivity index (χ0n) is 8.31. The summed E-state index contributed by atoms with van der Waals surface area (Å²) in [5.74, 6) is 0.745. The second-order valence-electron chi connectivity index (χ2n) is 3.38. The van der Waals surface area contributed by atoms with Crippen molar-refractivity contribution in [2.45, 2.75) is 26.3 Å². The van der Waals surface area contributed by atoms with Gasteiger partial charge in [-0.25, -0.2) is 15.4 Å². The van der Waals surface area contributed by atoms with Gasteiger partial charge in [0, 0.05) is 5.57 Å². The molecule has 2 rings (SSSR count). The van der Waals surface area contributed by atoms with Crippen LogP contribution in [0.25, 0.3) is 0 Å². The number of nitrogens with zero attached hydrogens (tertiary/aromatic N) is 2. The molecule has 1 unspecified atom stereocenters. The lowest BCUT2D eigenvalue weighted by Gasteiger charge is -2.25. The number of aliphatic imine (C=N–C) groups is 1. The summed E-state index contributed by atoms with van der Waals surface area (Å²) in [6.07, 6.45) is 0.763. The first-order valence-corrected chi connectivity index (χ1v) is 6.20. The summed E-state index contributed by atoms with van der Waals surface area (Å²) in [4.78, 5) is 4.31. The van der Waals surface area contributed by atoms with E-state index in [1.165, 1.54) is 0 Å². The molecule has 0 aromatic carbocycles. The number of nitrogens with one attached hydrogen (secondary N) is 1. The lowest BCUT2D eigenvalue weighted by atomic mass is 10.2. The van der Waals surface area contributed by atoms with Crippen LogP contribution in [0, 0.1) is 0 Å². The molecule has 0 bridgehead atoms. The van der Waals surface area contributed by atoms with Crippen molar-refractivity contribution in [3.05, 3.63) is 21.0 Å². The van der Waals surface area contributed by atoms with E-state index in [4.69, 9.17) is 23.2 Å². The molecule has 2 aliphatic rings. The fourth-order valence-electron chi connectivity index (χ4n) is 1.54. The van der Waals surface area contributed by atoms with Crippen LogP contribution in [0.3, 0.4) is 0 Å². The van der Waals surface area contributed by atoms with Crippen LogP contribution in [0.2, 0.25) is 0 Å².